The van der Waals surface area contributed by atoms with E-state index in [4.69, 9.17) is 21.7 Å². The van der Waals surface area contributed by atoms with E-state index >= 15 is 0 Å². The maximum absolute atomic E-state index is 13.1. The highest BCUT2D eigenvalue weighted by molar-refractivity contribution is 7.73. The number of rotatable bonds is 7. The Morgan fingerprint density at radius 1 is 1.20 bits per heavy atom. The molecule has 1 N–H and O–H groups in total. The van der Waals surface area contributed by atoms with Gasteiger partial charge in [0.15, 0.2) is 3.95 Å². The van der Waals surface area contributed by atoms with E-state index in [1.807, 2.05) is 16.8 Å². The van der Waals surface area contributed by atoms with Crippen LogP contribution in [0, 0.1) is 9.77 Å². The number of nitrogens with one attached hydrogen (secondary N) is 1. The topological polar surface area (TPSA) is 51.5 Å². The predicted molar refractivity (Wildman–Crippen MR) is 119 cm³/mol. The second kappa shape index (κ2) is 9.11. The van der Waals surface area contributed by atoms with E-state index in [0.29, 0.717) is 15.8 Å². The van der Waals surface area contributed by atoms with Crippen molar-refractivity contribution in [2.45, 2.75) is 25.6 Å². The number of hydrogen-bond donors (Lipinski definition) is 1. The van der Waals surface area contributed by atoms with Gasteiger partial charge in [0.25, 0.3) is 0 Å². The Hall–Kier alpha value is -2.49. The zero-order valence-electron chi connectivity index (χ0n) is 16.8. The van der Waals surface area contributed by atoms with Crippen LogP contribution in [0.2, 0.25) is 0 Å². The van der Waals surface area contributed by atoms with Crippen molar-refractivity contribution in [1.82, 2.24) is 14.7 Å². The van der Waals surface area contributed by atoms with Crippen LogP contribution in [0.4, 0.5) is 15.2 Å². The van der Waals surface area contributed by atoms with Crippen molar-refractivity contribution in [3.8, 4) is 11.5 Å². The Bertz CT molecular complexity index is 1070. The lowest BCUT2D eigenvalue weighted by molar-refractivity contribution is 0.188. The Morgan fingerprint density at radius 3 is 2.73 bits per heavy atom. The Labute approximate surface area is 183 Å². The van der Waals surface area contributed by atoms with E-state index in [2.05, 4.69) is 21.4 Å². The van der Waals surface area contributed by atoms with Crippen LogP contribution < -0.4 is 14.8 Å². The lowest BCUT2D eigenvalue weighted by Gasteiger charge is -2.26. The van der Waals surface area contributed by atoms with E-state index in [-0.39, 0.29) is 11.9 Å². The first-order valence-electron chi connectivity index (χ1n) is 9.64. The highest BCUT2D eigenvalue weighted by atomic mass is 32.1. The van der Waals surface area contributed by atoms with Gasteiger partial charge in [-0.3, -0.25) is 4.90 Å². The van der Waals surface area contributed by atoms with Gasteiger partial charge in [0, 0.05) is 29.9 Å². The van der Waals surface area contributed by atoms with Crippen LogP contribution in [0.25, 0.3) is 0 Å². The van der Waals surface area contributed by atoms with Crippen molar-refractivity contribution >= 4 is 34.4 Å². The fourth-order valence-corrected chi connectivity index (χ4v) is 4.73. The molecule has 1 fully saturated rings. The molecule has 0 radical (unpaired) electrons. The number of hydrogen-bond acceptors (Lipinski definition) is 7. The molecule has 0 spiro atoms. The molecule has 0 aliphatic carbocycles. The predicted octanol–water partition coefficient (Wildman–Crippen LogP) is 5.37. The molecular weight excluding hydrogens is 423 g/mol. The third-order valence-corrected chi connectivity index (χ3v) is 6.40. The summed E-state index contributed by atoms with van der Waals surface area (Å²) < 4.78 is 26.6. The second-order valence-electron chi connectivity index (χ2n) is 7.02. The fraction of sp³-hybridized carbons (Fsp3) is 0.333. The molecule has 1 aliphatic heterocycles. The molecule has 9 heteroatoms. The van der Waals surface area contributed by atoms with Crippen LogP contribution in [-0.4, -0.2) is 35.4 Å². The van der Waals surface area contributed by atoms with Crippen molar-refractivity contribution in [2.24, 2.45) is 0 Å². The molecule has 2 aromatic carbocycles. The minimum absolute atomic E-state index is 0.225. The molecule has 3 aromatic rings. The van der Waals surface area contributed by atoms with Crippen molar-refractivity contribution in [3.05, 3.63) is 57.8 Å². The zero-order chi connectivity index (χ0) is 21.1. The van der Waals surface area contributed by atoms with Gasteiger partial charge in [-0.05, 0) is 55.4 Å². The lowest BCUT2D eigenvalue weighted by atomic mass is 10.0. The van der Waals surface area contributed by atoms with Gasteiger partial charge >= 0.3 is 0 Å². The van der Waals surface area contributed by atoms with Gasteiger partial charge in [0.05, 0.1) is 20.9 Å². The molecule has 1 unspecified atom stereocenters. The molecule has 2 heterocycles. The molecule has 1 aromatic heterocycles. The SMILES string of the molecule is COc1ccc(C2CCCN2Cn2nc(Nc3ccc(F)cc3)sc2=S)c(OC)c1. The molecule has 6 nitrogen and oxygen atoms in total. The third-order valence-electron chi connectivity index (χ3n) is 5.18. The van der Waals surface area contributed by atoms with Crippen LogP contribution in [0.3, 0.4) is 0 Å². The second-order valence-corrected chi connectivity index (χ2v) is 8.65. The third kappa shape index (κ3) is 4.48. The standard InChI is InChI=1S/C21H23FN4O2S2/c1-27-16-9-10-17(19(12-16)28-2)18-4-3-11-25(18)13-26-21(29)30-20(24-26)23-15-7-5-14(22)6-8-15/h5-10,12,18H,3-4,11,13H2,1-2H3,(H,23,24). The number of anilines is 2. The largest absolute Gasteiger partial charge is 0.497 e. The first-order chi connectivity index (χ1) is 14.6. The minimum Gasteiger partial charge on any atom is -0.497 e. The number of nitrogens with zero attached hydrogens (tertiary/aromatic N) is 3. The molecule has 1 atom stereocenters. The van der Waals surface area contributed by atoms with Crippen LogP contribution in [0.5, 0.6) is 11.5 Å². The van der Waals surface area contributed by atoms with Gasteiger partial charge < -0.3 is 14.8 Å². The van der Waals surface area contributed by atoms with Crippen molar-refractivity contribution < 1.29 is 13.9 Å². The molecule has 30 heavy (non-hydrogen) atoms. The van der Waals surface area contributed by atoms with E-state index < -0.39 is 0 Å². The summed E-state index contributed by atoms with van der Waals surface area (Å²) in [7, 11) is 3.33. The highest BCUT2D eigenvalue weighted by Gasteiger charge is 2.29. The minimum atomic E-state index is -0.271. The van der Waals surface area contributed by atoms with E-state index in [0.717, 1.165) is 42.1 Å². The molecule has 1 aliphatic rings. The summed E-state index contributed by atoms with van der Waals surface area (Å²) in [6.07, 6.45) is 2.14. The number of aromatic nitrogens is 2. The highest BCUT2D eigenvalue weighted by Crippen LogP contribution is 2.39. The summed E-state index contributed by atoms with van der Waals surface area (Å²) in [6.45, 7) is 1.56. The number of halogens is 1. The number of benzene rings is 2. The maximum atomic E-state index is 13.1. The number of ether oxygens (including phenoxy) is 2. The molecule has 0 amide bonds. The number of methoxy groups -OCH3 is 2. The fourth-order valence-electron chi connectivity index (χ4n) is 3.72. The molecule has 4 rings (SSSR count). The summed E-state index contributed by atoms with van der Waals surface area (Å²) in [4.78, 5) is 2.36. The first-order valence-corrected chi connectivity index (χ1v) is 10.9. The lowest BCUT2D eigenvalue weighted by Crippen LogP contribution is -2.27. The van der Waals surface area contributed by atoms with E-state index in [1.54, 1.807) is 26.4 Å². The summed E-state index contributed by atoms with van der Waals surface area (Å²) in [5.41, 5.74) is 1.91. The molecule has 158 valence electrons. The Balaban J connectivity index is 1.52. The van der Waals surface area contributed by atoms with E-state index in [9.17, 15) is 4.39 Å². The van der Waals surface area contributed by atoms with Crippen molar-refractivity contribution in [3.63, 3.8) is 0 Å². The maximum Gasteiger partial charge on any atom is 0.209 e. The Kier molecular flexibility index (Phi) is 6.31. The quantitative estimate of drug-likeness (QED) is 0.493. The summed E-state index contributed by atoms with van der Waals surface area (Å²) in [5, 5.41) is 8.50. The normalized spacial score (nSPS) is 16.6. The van der Waals surface area contributed by atoms with Gasteiger partial charge in [0.2, 0.25) is 5.13 Å². The van der Waals surface area contributed by atoms with Crippen molar-refractivity contribution in [2.75, 3.05) is 26.1 Å². The summed E-state index contributed by atoms with van der Waals surface area (Å²) in [6, 6.07) is 12.4. The molecule has 1 saturated heterocycles. The van der Waals surface area contributed by atoms with Gasteiger partial charge in [-0.2, -0.15) is 0 Å². The number of likely N-dealkylation sites (tertiary alicyclic amines) is 1. The smallest absolute Gasteiger partial charge is 0.209 e. The molecule has 0 bridgehead atoms. The first kappa shape index (κ1) is 20.8. The Morgan fingerprint density at radius 2 is 2.00 bits per heavy atom. The van der Waals surface area contributed by atoms with Crippen LogP contribution >= 0.6 is 23.6 Å². The van der Waals surface area contributed by atoms with Crippen LogP contribution in [0.1, 0.15) is 24.4 Å². The average Bonchev–Trinajstić information content (AvgIpc) is 3.35. The molecule has 0 saturated carbocycles. The average molecular weight is 447 g/mol. The van der Waals surface area contributed by atoms with Gasteiger partial charge in [-0.15, -0.1) is 5.10 Å². The van der Waals surface area contributed by atoms with Gasteiger partial charge in [-0.25, -0.2) is 9.07 Å². The van der Waals surface area contributed by atoms with Crippen molar-refractivity contribution in [1.29, 1.82) is 0 Å². The zero-order valence-corrected chi connectivity index (χ0v) is 18.4. The van der Waals surface area contributed by atoms with Gasteiger partial charge in [0.1, 0.15) is 17.3 Å². The monoisotopic (exact) mass is 446 g/mol. The molecular formula is C21H23FN4O2S2. The summed E-state index contributed by atoms with van der Waals surface area (Å²) >= 11 is 6.93. The van der Waals surface area contributed by atoms with Crippen LogP contribution in [0.15, 0.2) is 42.5 Å². The van der Waals surface area contributed by atoms with Crippen LogP contribution in [-0.2, 0) is 6.67 Å². The van der Waals surface area contributed by atoms with Gasteiger partial charge in [-0.1, -0.05) is 17.4 Å². The summed E-state index contributed by atoms with van der Waals surface area (Å²) in [5.74, 6) is 1.33. The van der Waals surface area contributed by atoms with E-state index in [1.165, 1.54) is 23.5 Å².